The van der Waals surface area contributed by atoms with Crippen molar-refractivity contribution in [2.45, 2.75) is 19.9 Å². The molecule has 1 amide bonds. The molecule has 1 aromatic rings. The molecule has 3 N–H and O–H groups in total. The molecule has 82 valence electrons. The maximum Gasteiger partial charge on any atom is 0.241 e. The number of aryl methyl sites for hydroxylation is 1. The highest BCUT2D eigenvalue weighted by molar-refractivity contribution is 5.95. The summed E-state index contributed by atoms with van der Waals surface area (Å²) in [4.78, 5) is 11.4. The van der Waals surface area contributed by atoms with Crippen LogP contribution in [0.25, 0.3) is 0 Å². The maximum atomic E-state index is 11.4. The summed E-state index contributed by atoms with van der Waals surface area (Å²) < 4.78 is 5.15. The molecule has 0 saturated carbocycles. The van der Waals surface area contributed by atoms with E-state index < -0.39 is 6.04 Å². The van der Waals surface area contributed by atoms with E-state index in [9.17, 15) is 4.79 Å². The van der Waals surface area contributed by atoms with Gasteiger partial charge >= 0.3 is 0 Å². The third-order valence-corrected chi connectivity index (χ3v) is 2.03. The number of benzene rings is 1. The Hall–Kier alpha value is -1.55. The molecule has 15 heavy (non-hydrogen) atoms. The first-order valence-electron chi connectivity index (χ1n) is 4.75. The number of ether oxygens (including phenoxy) is 1. The summed E-state index contributed by atoms with van der Waals surface area (Å²) in [6, 6.07) is 5.03. The number of hydrogen-bond donors (Lipinski definition) is 2. The smallest absolute Gasteiger partial charge is 0.241 e. The molecule has 0 unspecified atom stereocenters. The second-order valence-corrected chi connectivity index (χ2v) is 3.48. The number of nitrogens with two attached hydrogens (primary N) is 1. The van der Waals surface area contributed by atoms with Gasteiger partial charge in [-0.3, -0.25) is 4.79 Å². The van der Waals surface area contributed by atoms with Crippen LogP contribution in [0.3, 0.4) is 0 Å². The van der Waals surface area contributed by atoms with Gasteiger partial charge in [-0.1, -0.05) is 6.07 Å². The monoisotopic (exact) mass is 208 g/mol. The van der Waals surface area contributed by atoms with E-state index in [2.05, 4.69) is 5.32 Å². The number of carbonyl (C=O) groups is 1. The number of amides is 1. The minimum Gasteiger partial charge on any atom is -0.495 e. The minimum atomic E-state index is -0.531. The molecule has 0 aliphatic heterocycles. The fourth-order valence-corrected chi connectivity index (χ4v) is 1.15. The summed E-state index contributed by atoms with van der Waals surface area (Å²) in [6.45, 7) is 3.59. The molecule has 0 spiro atoms. The van der Waals surface area contributed by atoms with Gasteiger partial charge < -0.3 is 15.8 Å². The Labute approximate surface area is 89.4 Å². The number of anilines is 1. The number of hydrogen-bond acceptors (Lipinski definition) is 3. The second kappa shape index (κ2) is 4.79. The van der Waals surface area contributed by atoms with Crippen LogP contribution in [0.2, 0.25) is 0 Å². The standard InChI is InChI=1S/C11H16N2O2/c1-7-4-5-9(10(6-7)15-3)13-11(14)8(2)12/h4-6,8H,12H2,1-3H3,(H,13,14)/t8-/m1/s1. The molecule has 0 bridgehead atoms. The van der Waals surface area contributed by atoms with Crippen LogP contribution < -0.4 is 15.8 Å². The first-order chi connectivity index (χ1) is 7.04. The molecule has 0 aromatic heterocycles. The molecule has 0 fully saturated rings. The summed E-state index contributed by atoms with van der Waals surface area (Å²) >= 11 is 0. The van der Waals surface area contributed by atoms with Crippen LogP contribution in [0.15, 0.2) is 18.2 Å². The van der Waals surface area contributed by atoms with Gasteiger partial charge in [0.1, 0.15) is 5.75 Å². The number of methoxy groups -OCH3 is 1. The second-order valence-electron chi connectivity index (χ2n) is 3.48. The Morgan fingerprint density at radius 2 is 2.20 bits per heavy atom. The zero-order valence-electron chi connectivity index (χ0n) is 9.20. The summed E-state index contributed by atoms with van der Waals surface area (Å²) in [5.74, 6) is 0.418. The molecular weight excluding hydrogens is 192 g/mol. The molecule has 0 aliphatic carbocycles. The van der Waals surface area contributed by atoms with Gasteiger partial charge in [0.2, 0.25) is 5.91 Å². The summed E-state index contributed by atoms with van der Waals surface area (Å²) in [5, 5.41) is 2.70. The van der Waals surface area contributed by atoms with Gasteiger partial charge in [0.25, 0.3) is 0 Å². The molecule has 1 rings (SSSR count). The lowest BCUT2D eigenvalue weighted by atomic mass is 10.2. The van der Waals surface area contributed by atoms with Crippen LogP contribution >= 0.6 is 0 Å². The zero-order valence-corrected chi connectivity index (χ0v) is 9.20. The molecule has 0 aliphatic rings. The van der Waals surface area contributed by atoms with Gasteiger partial charge in [-0.05, 0) is 31.5 Å². The van der Waals surface area contributed by atoms with E-state index >= 15 is 0 Å². The SMILES string of the molecule is COc1cc(C)ccc1NC(=O)[C@@H](C)N. The predicted molar refractivity (Wildman–Crippen MR) is 60.0 cm³/mol. The van der Waals surface area contributed by atoms with Gasteiger partial charge in [-0.25, -0.2) is 0 Å². The average molecular weight is 208 g/mol. The highest BCUT2D eigenvalue weighted by Crippen LogP contribution is 2.25. The summed E-state index contributed by atoms with van der Waals surface area (Å²) in [7, 11) is 1.57. The molecule has 4 heteroatoms. The summed E-state index contributed by atoms with van der Waals surface area (Å²) in [6.07, 6.45) is 0. The van der Waals surface area contributed by atoms with Crippen molar-refractivity contribution < 1.29 is 9.53 Å². The van der Waals surface area contributed by atoms with Crippen LogP contribution in [0.5, 0.6) is 5.75 Å². The van der Waals surface area contributed by atoms with Crippen LogP contribution in [0.1, 0.15) is 12.5 Å². The normalized spacial score (nSPS) is 12.0. The molecule has 0 saturated heterocycles. The third kappa shape index (κ3) is 2.95. The quantitative estimate of drug-likeness (QED) is 0.786. The van der Waals surface area contributed by atoms with Gasteiger partial charge in [0.15, 0.2) is 0 Å². The predicted octanol–water partition coefficient (Wildman–Crippen LogP) is 1.29. The molecular formula is C11H16N2O2. The fraction of sp³-hybridized carbons (Fsp3) is 0.364. The van der Waals surface area contributed by atoms with E-state index in [1.165, 1.54) is 0 Å². The average Bonchev–Trinajstić information content (AvgIpc) is 2.20. The lowest BCUT2D eigenvalue weighted by Gasteiger charge is -2.12. The third-order valence-electron chi connectivity index (χ3n) is 2.03. The van der Waals surface area contributed by atoms with E-state index in [1.54, 1.807) is 20.1 Å². The molecule has 0 heterocycles. The molecule has 4 nitrogen and oxygen atoms in total. The van der Waals surface area contributed by atoms with E-state index in [1.807, 2.05) is 19.1 Å². The molecule has 0 radical (unpaired) electrons. The topological polar surface area (TPSA) is 64.3 Å². The van der Waals surface area contributed by atoms with Crippen molar-refractivity contribution in [2.24, 2.45) is 5.73 Å². The van der Waals surface area contributed by atoms with Crippen LogP contribution in [0.4, 0.5) is 5.69 Å². The van der Waals surface area contributed by atoms with E-state index in [4.69, 9.17) is 10.5 Å². The first kappa shape index (κ1) is 11.5. The van der Waals surface area contributed by atoms with E-state index in [-0.39, 0.29) is 5.91 Å². The number of nitrogens with one attached hydrogen (secondary N) is 1. The minimum absolute atomic E-state index is 0.225. The van der Waals surface area contributed by atoms with Crippen LogP contribution in [0, 0.1) is 6.92 Å². The zero-order chi connectivity index (χ0) is 11.4. The van der Waals surface area contributed by atoms with Gasteiger partial charge in [0.05, 0.1) is 18.8 Å². The van der Waals surface area contributed by atoms with Gasteiger partial charge in [-0.2, -0.15) is 0 Å². The van der Waals surface area contributed by atoms with Crippen molar-refractivity contribution in [1.82, 2.24) is 0 Å². The van der Waals surface area contributed by atoms with Gasteiger partial charge in [-0.15, -0.1) is 0 Å². The number of carbonyl (C=O) groups excluding carboxylic acids is 1. The van der Waals surface area contributed by atoms with Crippen molar-refractivity contribution in [3.63, 3.8) is 0 Å². The Kier molecular flexibility index (Phi) is 3.68. The van der Waals surface area contributed by atoms with Crippen LogP contribution in [-0.4, -0.2) is 19.1 Å². The summed E-state index contributed by atoms with van der Waals surface area (Å²) in [5.41, 5.74) is 7.17. The van der Waals surface area contributed by atoms with Crippen molar-refractivity contribution in [3.8, 4) is 5.75 Å². The van der Waals surface area contributed by atoms with Gasteiger partial charge in [0, 0.05) is 0 Å². The highest BCUT2D eigenvalue weighted by Gasteiger charge is 2.10. The lowest BCUT2D eigenvalue weighted by Crippen LogP contribution is -2.32. The van der Waals surface area contributed by atoms with E-state index in [0.717, 1.165) is 5.56 Å². The first-order valence-corrected chi connectivity index (χ1v) is 4.75. The molecule has 1 atom stereocenters. The Morgan fingerprint density at radius 3 is 2.73 bits per heavy atom. The Morgan fingerprint density at radius 1 is 1.53 bits per heavy atom. The fourth-order valence-electron chi connectivity index (χ4n) is 1.15. The molecule has 1 aromatic carbocycles. The largest absolute Gasteiger partial charge is 0.495 e. The van der Waals surface area contributed by atoms with Crippen molar-refractivity contribution in [1.29, 1.82) is 0 Å². The van der Waals surface area contributed by atoms with Crippen molar-refractivity contribution in [3.05, 3.63) is 23.8 Å². The number of rotatable bonds is 3. The van der Waals surface area contributed by atoms with Crippen molar-refractivity contribution >= 4 is 11.6 Å². The maximum absolute atomic E-state index is 11.4. The Bertz CT molecular complexity index is 362. The van der Waals surface area contributed by atoms with E-state index in [0.29, 0.717) is 11.4 Å². The Balaban J connectivity index is 2.89. The van der Waals surface area contributed by atoms with Crippen LogP contribution in [-0.2, 0) is 4.79 Å². The lowest BCUT2D eigenvalue weighted by molar-refractivity contribution is -0.117. The highest BCUT2D eigenvalue weighted by atomic mass is 16.5. The van der Waals surface area contributed by atoms with Crippen molar-refractivity contribution in [2.75, 3.05) is 12.4 Å².